The van der Waals surface area contributed by atoms with Crippen molar-refractivity contribution in [2.24, 2.45) is 0 Å². The number of rotatable bonds is 3. The highest BCUT2D eigenvalue weighted by Gasteiger charge is 2.12. The van der Waals surface area contributed by atoms with Crippen LogP contribution in [-0.4, -0.2) is 23.1 Å². The number of thiocarbonyl (C=S) groups is 1. The van der Waals surface area contributed by atoms with Crippen LogP contribution in [0.4, 0.5) is 5.69 Å². The summed E-state index contributed by atoms with van der Waals surface area (Å²) in [6.45, 7) is 0. The predicted octanol–water partition coefficient (Wildman–Crippen LogP) is 2.87. The van der Waals surface area contributed by atoms with E-state index in [4.69, 9.17) is 28.6 Å². The maximum Gasteiger partial charge on any atom is 0.261 e. The van der Waals surface area contributed by atoms with E-state index in [1.165, 1.54) is 13.3 Å². The number of amides is 1. The molecule has 1 heterocycles. The van der Waals surface area contributed by atoms with Crippen molar-refractivity contribution >= 4 is 40.5 Å². The molecule has 0 aliphatic rings. The van der Waals surface area contributed by atoms with Crippen LogP contribution >= 0.6 is 23.8 Å². The van der Waals surface area contributed by atoms with E-state index in [1.54, 1.807) is 36.4 Å². The summed E-state index contributed by atoms with van der Waals surface area (Å²) in [5.74, 6) is 0.123. The number of benzene rings is 1. The number of hydrogen-bond donors (Lipinski definition) is 2. The average Bonchev–Trinajstić information content (AvgIpc) is 2.49. The van der Waals surface area contributed by atoms with E-state index in [0.29, 0.717) is 22.2 Å². The first-order valence-electron chi connectivity index (χ1n) is 5.97. The van der Waals surface area contributed by atoms with Crippen molar-refractivity contribution in [1.29, 1.82) is 0 Å². The molecule has 1 aromatic heterocycles. The van der Waals surface area contributed by atoms with Crippen molar-refractivity contribution < 1.29 is 9.53 Å². The van der Waals surface area contributed by atoms with Crippen LogP contribution in [0.5, 0.6) is 5.75 Å². The molecule has 0 spiro atoms. The van der Waals surface area contributed by atoms with Gasteiger partial charge in [-0.1, -0.05) is 23.7 Å². The van der Waals surface area contributed by atoms with E-state index in [2.05, 4.69) is 15.6 Å². The second-order valence-electron chi connectivity index (χ2n) is 3.98. The molecule has 0 unspecified atom stereocenters. The Labute approximate surface area is 132 Å². The van der Waals surface area contributed by atoms with Gasteiger partial charge >= 0.3 is 0 Å². The molecule has 0 saturated heterocycles. The minimum atomic E-state index is -0.355. The topological polar surface area (TPSA) is 63.2 Å². The Morgan fingerprint density at radius 1 is 1.29 bits per heavy atom. The zero-order chi connectivity index (χ0) is 15.2. The largest absolute Gasteiger partial charge is 0.496 e. The lowest BCUT2D eigenvalue weighted by Crippen LogP contribution is -2.34. The molecule has 0 bridgehead atoms. The monoisotopic (exact) mass is 321 g/mol. The van der Waals surface area contributed by atoms with Gasteiger partial charge in [0.25, 0.3) is 5.91 Å². The third-order valence-electron chi connectivity index (χ3n) is 2.56. The molecule has 0 aliphatic heterocycles. The van der Waals surface area contributed by atoms with E-state index in [1.807, 2.05) is 0 Å². The molecule has 0 fully saturated rings. The molecular weight excluding hydrogens is 310 g/mol. The summed E-state index contributed by atoms with van der Waals surface area (Å²) < 4.78 is 5.13. The Bertz CT molecular complexity index is 662. The number of halogens is 1. The first kappa shape index (κ1) is 15.2. The second-order valence-corrected chi connectivity index (χ2v) is 4.77. The quantitative estimate of drug-likeness (QED) is 0.672. The molecule has 0 aliphatic carbocycles. The van der Waals surface area contributed by atoms with E-state index in [0.717, 1.165) is 0 Å². The summed E-state index contributed by atoms with van der Waals surface area (Å²) in [7, 11) is 1.50. The SMILES string of the molecule is COc1ccccc1C(=O)NC(=S)Nc1ccc(Cl)nc1. The molecule has 0 radical (unpaired) electrons. The number of nitrogens with one attached hydrogen (secondary N) is 2. The molecule has 108 valence electrons. The Balaban J connectivity index is 2.02. The minimum Gasteiger partial charge on any atom is -0.496 e. The molecule has 0 atom stereocenters. The van der Waals surface area contributed by atoms with Crippen molar-refractivity contribution in [1.82, 2.24) is 10.3 Å². The van der Waals surface area contributed by atoms with Crippen LogP contribution in [0, 0.1) is 0 Å². The van der Waals surface area contributed by atoms with Crippen LogP contribution in [0.25, 0.3) is 0 Å². The van der Waals surface area contributed by atoms with E-state index < -0.39 is 0 Å². The zero-order valence-corrected chi connectivity index (χ0v) is 12.7. The maximum atomic E-state index is 12.1. The van der Waals surface area contributed by atoms with Gasteiger partial charge < -0.3 is 10.1 Å². The number of ether oxygens (including phenoxy) is 1. The van der Waals surface area contributed by atoms with Gasteiger partial charge in [0, 0.05) is 0 Å². The number of carbonyl (C=O) groups excluding carboxylic acids is 1. The number of para-hydroxylation sites is 1. The first-order valence-corrected chi connectivity index (χ1v) is 6.75. The molecule has 7 heteroatoms. The molecule has 2 rings (SSSR count). The molecule has 1 amide bonds. The number of hydrogen-bond acceptors (Lipinski definition) is 4. The van der Waals surface area contributed by atoms with E-state index in [-0.39, 0.29) is 11.0 Å². The smallest absolute Gasteiger partial charge is 0.261 e. The number of carbonyl (C=O) groups is 1. The van der Waals surface area contributed by atoms with Gasteiger partial charge in [0.2, 0.25) is 0 Å². The van der Waals surface area contributed by atoms with Crippen molar-refractivity contribution in [2.45, 2.75) is 0 Å². The lowest BCUT2D eigenvalue weighted by molar-refractivity contribution is 0.0975. The van der Waals surface area contributed by atoms with Gasteiger partial charge in [0.05, 0.1) is 24.6 Å². The maximum absolute atomic E-state index is 12.1. The summed E-state index contributed by atoms with van der Waals surface area (Å²) >= 11 is 10.8. The fourth-order valence-corrected chi connectivity index (χ4v) is 1.94. The molecule has 0 saturated carbocycles. The summed E-state index contributed by atoms with van der Waals surface area (Å²) in [4.78, 5) is 16.0. The Hall–Kier alpha value is -2.18. The summed E-state index contributed by atoms with van der Waals surface area (Å²) in [6, 6.07) is 10.2. The number of pyridine rings is 1. The summed E-state index contributed by atoms with van der Waals surface area (Å²) in [5, 5.41) is 5.96. The third kappa shape index (κ3) is 4.14. The number of anilines is 1. The second kappa shape index (κ2) is 7.01. The van der Waals surface area contributed by atoms with Crippen molar-refractivity contribution in [3.63, 3.8) is 0 Å². The minimum absolute atomic E-state index is 0.162. The van der Waals surface area contributed by atoms with Gasteiger partial charge in [-0.15, -0.1) is 0 Å². The number of nitrogens with zero attached hydrogens (tertiary/aromatic N) is 1. The van der Waals surface area contributed by atoms with Gasteiger partial charge in [-0.2, -0.15) is 0 Å². The Morgan fingerprint density at radius 2 is 2.05 bits per heavy atom. The highest BCUT2D eigenvalue weighted by molar-refractivity contribution is 7.80. The standard InChI is InChI=1S/C14H12ClN3O2S/c1-20-11-5-3-2-4-10(11)13(19)18-14(21)17-9-6-7-12(15)16-8-9/h2-8H,1H3,(H2,17,18,19,21). The van der Waals surface area contributed by atoms with Gasteiger partial charge in [-0.25, -0.2) is 4.98 Å². The number of aromatic nitrogens is 1. The van der Waals surface area contributed by atoms with Crippen molar-refractivity contribution in [3.05, 3.63) is 53.3 Å². The van der Waals surface area contributed by atoms with E-state index in [9.17, 15) is 4.79 Å². The molecule has 2 aromatic rings. The Morgan fingerprint density at radius 3 is 2.71 bits per heavy atom. The van der Waals surface area contributed by atoms with Crippen LogP contribution < -0.4 is 15.4 Å². The number of methoxy groups -OCH3 is 1. The molecule has 5 nitrogen and oxygen atoms in total. The fourth-order valence-electron chi connectivity index (χ4n) is 1.61. The fraction of sp³-hybridized carbons (Fsp3) is 0.0714. The van der Waals surface area contributed by atoms with Crippen LogP contribution in [0.15, 0.2) is 42.6 Å². The lowest BCUT2D eigenvalue weighted by atomic mass is 10.2. The highest BCUT2D eigenvalue weighted by Crippen LogP contribution is 2.17. The van der Waals surface area contributed by atoms with E-state index >= 15 is 0 Å². The summed E-state index contributed by atoms with van der Waals surface area (Å²) in [5.41, 5.74) is 1.03. The molecule has 21 heavy (non-hydrogen) atoms. The molecule has 2 N–H and O–H groups in total. The van der Waals surface area contributed by atoms with Crippen molar-refractivity contribution in [2.75, 3.05) is 12.4 Å². The predicted molar refractivity (Wildman–Crippen MR) is 85.9 cm³/mol. The van der Waals surface area contributed by atoms with Gasteiger partial charge in [0.1, 0.15) is 10.9 Å². The van der Waals surface area contributed by atoms with Crippen LogP contribution in [0.1, 0.15) is 10.4 Å². The molecular formula is C14H12ClN3O2S. The Kier molecular flexibility index (Phi) is 5.08. The zero-order valence-electron chi connectivity index (χ0n) is 11.1. The van der Waals surface area contributed by atoms with Gasteiger partial charge in [-0.05, 0) is 36.5 Å². The normalized spacial score (nSPS) is 9.81. The summed E-state index contributed by atoms with van der Waals surface area (Å²) in [6.07, 6.45) is 1.52. The van der Waals surface area contributed by atoms with Crippen LogP contribution in [0.2, 0.25) is 5.15 Å². The molecule has 1 aromatic carbocycles. The van der Waals surface area contributed by atoms with Crippen molar-refractivity contribution in [3.8, 4) is 5.75 Å². The van der Waals surface area contributed by atoms with Gasteiger partial charge in [0.15, 0.2) is 5.11 Å². The van der Waals surface area contributed by atoms with Crippen LogP contribution in [0.3, 0.4) is 0 Å². The lowest BCUT2D eigenvalue weighted by Gasteiger charge is -2.11. The average molecular weight is 322 g/mol. The highest BCUT2D eigenvalue weighted by atomic mass is 35.5. The third-order valence-corrected chi connectivity index (χ3v) is 2.99. The van der Waals surface area contributed by atoms with Crippen LogP contribution in [-0.2, 0) is 0 Å². The van der Waals surface area contributed by atoms with Gasteiger partial charge in [-0.3, -0.25) is 10.1 Å². The first-order chi connectivity index (χ1) is 10.1.